The van der Waals surface area contributed by atoms with E-state index in [0.717, 1.165) is 30.9 Å². The third kappa shape index (κ3) is 2.94. The molecule has 0 aliphatic carbocycles. The number of halogens is 1. The Morgan fingerprint density at radius 3 is 3.06 bits per heavy atom. The molecule has 1 aromatic carbocycles. The zero-order valence-electron chi connectivity index (χ0n) is 10.5. The third-order valence-corrected chi connectivity index (χ3v) is 3.30. The van der Waals surface area contributed by atoms with Gasteiger partial charge in [-0.2, -0.15) is 0 Å². The second-order valence-electron chi connectivity index (χ2n) is 4.30. The van der Waals surface area contributed by atoms with Crippen molar-refractivity contribution < 1.29 is 4.79 Å². The molecule has 0 radical (unpaired) electrons. The highest BCUT2D eigenvalue weighted by molar-refractivity contribution is 6.33. The molecule has 0 saturated carbocycles. The lowest BCUT2D eigenvalue weighted by molar-refractivity contribution is -0.120. The first kappa shape index (κ1) is 13.2. The Balaban J connectivity index is 2.26. The Bertz CT molecular complexity index is 436. The van der Waals surface area contributed by atoms with Gasteiger partial charge in [0.25, 0.3) is 0 Å². The van der Waals surface area contributed by atoms with Gasteiger partial charge in [-0.05, 0) is 18.2 Å². The number of benzene rings is 1. The van der Waals surface area contributed by atoms with Gasteiger partial charge in [-0.25, -0.2) is 0 Å². The summed E-state index contributed by atoms with van der Waals surface area (Å²) in [5.74, 6) is 0.0515. The van der Waals surface area contributed by atoms with Gasteiger partial charge in [0.1, 0.15) is 0 Å². The molecular formula is C13H18ClN3O. The standard InChI is InChI=1S/C13H18ClN3O/c1-2-15-8-10-4-3-5-11(14)13(10)17-7-6-16-12(18)9-17/h3-5,15H,2,6-9H2,1H3,(H,16,18). The van der Waals surface area contributed by atoms with Crippen LogP contribution in [-0.2, 0) is 11.3 Å². The number of para-hydroxylation sites is 1. The predicted molar refractivity (Wildman–Crippen MR) is 74.1 cm³/mol. The molecule has 1 heterocycles. The quantitative estimate of drug-likeness (QED) is 0.867. The first-order valence-corrected chi connectivity index (χ1v) is 6.60. The third-order valence-electron chi connectivity index (χ3n) is 2.99. The molecular weight excluding hydrogens is 250 g/mol. The second-order valence-corrected chi connectivity index (χ2v) is 4.71. The van der Waals surface area contributed by atoms with Crippen LogP contribution in [0.5, 0.6) is 0 Å². The number of carbonyl (C=O) groups is 1. The van der Waals surface area contributed by atoms with Crippen LogP contribution < -0.4 is 15.5 Å². The van der Waals surface area contributed by atoms with E-state index < -0.39 is 0 Å². The Hall–Kier alpha value is -1.26. The van der Waals surface area contributed by atoms with Crippen molar-refractivity contribution in [2.75, 3.05) is 31.1 Å². The largest absolute Gasteiger partial charge is 0.359 e. The Morgan fingerprint density at radius 1 is 1.50 bits per heavy atom. The molecule has 1 aromatic rings. The molecule has 0 bridgehead atoms. The van der Waals surface area contributed by atoms with Crippen molar-refractivity contribution in [3.63, 3.8) is 0 Å². The van der Waals surface area contributed by atoms with Crippen molar-refractivity contribution in [2.24, 2.45) is 0 Å². The van der Waals surface area contributed by atoms with Crippen molar-refractivity contribution in [2.45, 2.75) is 13.5 Å². The molecule has 1 aliphatic heterocycles. The van der Waals surface area contributed by atoms with Crippen LogP contribution in [-0.4, -0.2) is 32.1 Å². The maximum atomic E-state index is 11.5. The van der Waals surface area contributed by atoms with Gasteiger partial charge in [0.05, 0.1) is 17.3 Å². The molecule has 1 aliphatic rings. The van der Waals surface area contributed by atoms with Crippen LogP contribution in [0.4, 0.5) is 5.69 Å². The van der Waals surface area contributed by atoms with Crippen molar-refractivity contribution in [1.29, 1.82) is 0 Å². The van der Waals surface area contributed by atoms with Crippen LogP contribution >= 0.6 is 11.6 Å². The van der Waals surface area contributed by atoms with E-state index in [1.165, 1.54) is 0 Å². The van der Waals surface area contributed by atoms with Crippen LogP contribution in [0.2, 0.25) is 5.02 Å². The summed E-state index contributed by atoms with van der Waals surface area (Å²) in [5, 5.41) is 6.83. The fourth-order valence-corrected chi connectivity index (χ4v) is 2.46. The molecule has 0 atom stereocenters. The van der Waals surface area contributed by atoms with Crippen LogP contribution in [0, 0.1) is 0 Å². The van der Waals surface area contributed by atoms with Crippen molar-refractivity contribution >= 4 is 23.2 Å². The number of anilines is 1. The molecule has 18 heavy (non-hydrogen) atoms. The monoisotopic (exact) mass is 267 g/mol. The number of piperazine rings is 1. The lowest BCUT2D eigenvalue weighted by Gasteiger charge is -2.31. The molecule has 2 rings (SSSR count). The average molecular weight is 268 g/mol. The van der Waals surface area contributed by atoms with Gasteiger partial charge in [0, 0.05) is 19.6 Å². The maximum Gasteiger partial charge on any atom is 0.239 e. The maximum absolute atomic E-state index is 11.5. The van der Waals surface area contributed by atoms with Crippen molar-refractivity contribution in [1.82, 2.24) is 10.6 Å². The molecule has 1 saturated heterocycles. The first-order chi connectivity index (χ1) is 8.72. The van der Waals surface area contributed by atoms with E-state index in [0.29, 0.717) is 18.1 Å². The highest BCUT2D eigenvalue weighted by atomic mass is 35.5. The summed E-state index contributed by atoms with van der Waals surface area (Å²) in [4.78, 5) is 13.5. The van der Waals surface area contributed by atoms with Gasteiger partial charge >= 0.3 is 0 Å². The zero-order valence-corrected chi connectivity index (χ0v) is 11.3. The lowest BCUT2D eigenvalue weighted by atomic mass is 10.1. The molecule has 1 amide bonds. The summed E-state index contributed by atoms with van der Waals surface area (Å²) < 4.78 is 0. The molecule has 2 N–H and O–H groups in total. The Kier molecular flexibility index (Phi) is 4.44. The predicted octanol–water partition coefficient (Wildman–Crippen LogP) is 1.39. The fraction of sp³-hybridized carbons (Fsp3) is 0.462. The highest BCUT2D eigenvalue weighted by Gasteiger charge is 2.20. The van der Waals surface area contributed by atoms with Crippen LogP contribution in [0.1, 0.15) is 12.5 Å². The second kappa shape index (κ2) is 6.07. The number of hydrogen-bond acceptors (Lipinski definition) is 3. The molecule has 0 unspecified atom stereocenters. The van der Waals surface area contributed by atoms with E-state index in [1.807, 2.05) is 17.0 Å². The summed E-state index contributed by atoms with van der Waals surface area (Å²) in [6, 6.07) is 5.87. The molecule has 0 aromatic heterocycles. The van der Waals surface area contributed by atoms with Crippen LogP contribution in [0.15, 0.2) is 18.2 Å². The minimum absolute atomic E-state index is 0.0515. The molecule has 98 valence electrons. The van der Waals surface area contributed by atoms with E-state index in [1.54, 1.807) is 0 Å². The number of rotatable bonds is 4. The minimum Gasteiger partial charge on any atom is -0.359 e. The summed E-state index contributed by atoms with van der Waals surface area (Å²) >= 11 is 6.29. The van der Waals surface area contributed by atoms with E-state index in [9.17, 15) is 4.79 Å². The lowest BCUT2D eigenvalue weighted by Crippen LogP contribution is -2.48. The van der Waals surface area contributed by atoms with E-state index in [2.05, 4.69) is 23.6 Å². The SMILES string of the molecule is CCNCc1cccc(Cl)c1N1CCNC(=O)C1. The molecule has 5 heteroatoms. The fourth-order valence-electron chi connectivity index (χ4n) is 2.15. The smallest absolute Gasteiger partial charge is 0.239 e. The van der Waals surface area contributed by atoms with Gasteiger partial charge in [-0.15, -0.1) is 0 Å². The van der Waals surface area contributed by atoms with Gasteiger partial charge in [0.15, 0.2) is 0 Å². The highest BCUT2D eigenvalue weighted by Crippen LogP contribution is 2.30. The number of nitrogens with one attached hydrogen (secondary N) is 2. The first-order valence-electron chi connectivity index (χ1n) is 6.22. The Labute approximate surface area is 112 Å². The topological polar surface area (TPSA) is 44.4 Å². The van der Waals surface area contributed by atoms with Gasteiger partial charge in [-0.3, -0.25) is 4.79 Å². The summed E-state index contributed by atoms with van der Waals surface area (Å²) in [5.41, 5.74) is 2.12. The van der Waals surface area contributed by atoms with Crippen LogP contribution in [0.25, 0.3) is 0 Å². The van der Waals surface area contributed by atoms with Crippen molar-refractivity contribution in [3.8, 4) is 0 Å². The Morgan fingerprint density at radius 2 is 2.33 bits per heavy atom. The number of carbonyl (C=O) groups excluding carboxylic acids is 1. The molecule has 0 spiro atoms. The number of nitrogens with zero attached hydrogens (tertiary/aromatic N) is 1. The normalized spacial score (nSPS) is 15.7. The van der Waals surface area contributed by atoms with Gasteiger partial charge in [0.2, 0.25) is 5.91 Å². The molecule has 1 fully saturated rings. The summed E-state index contributed by atoms with van der Waals surface area (Å²) in [7, 11) is 0. The zero-order chi connectivity index (χ0) is 13.0. The number of amides is 1. The van der Waals surface area contributed by atoms with E-state index in [4.69, 9.17) is 11.6 Å². The van der Waals surface area contributed by atoms with Crippen LogP contribution in [0.3, 0.4) is 0 Å². The van der Waals surface area contributed by atoms with Crippen molar-refractivity contribution in [3.05, 3.63) is 28.8 Å². The minimum atomic E-state index is 0.0515. The summed E-state index contributed by atoms with van der Waals surface area (Å²) in [6.07, 6.45) is 0. The number of hydrogen-bond donors (Lipinski definition) is 2. The van der Waals surface area contributed by atoms with E-state index >= 15 is 0 Å². The summed E-state index contributed by atoms with van der Waals surface area (Å²) in [6.45, 7) is 5.59. The molecule has 4 nitrogen and oxygen atoms in total. The van der Waals surface area contributed by atoms with Gasteiger partial charge < -0.3 is 15.5 Å². The average Bonchev–Trinajstić information content (AvgIpc) is 2.36. The van der Waals surface area contributed by atoms with E-state index in [-0.39, 0.29) is 5.91 Å². The van der Waals surface area contributed by atoms with Gasteiger partial charge in [-0.1, -0.05) is 30.7 Å².